The Balaban J connectivity index is 2.32. The summed E-state index contributed by atoms with van der Waals surface area (Å²) >= 11 is 2.71. The summed E-state index contributed by atoms with van der Waals surface area (Å²) in [5.74, 6) is 0.943. The standard InChI is InChI=1S/C20H40IN/c1-22(2)18-19-14-10-8-6-4-3-5-7-9-11-16-20(21)17-13-12-15-19/h19-20H,3-18H2,1-2H3/t19?,20-/m0/s1. The van der Waals surface area contributed by atoms with Gasteiger partial charge in [-0.3, -0.25) is 0 Å². The molecule has 2 atom stereocenters. The van der Waals surface area contributed by atoms with Crippen LogP contribution in [0.1, 0.15) is 96.3 Å². The SMILES string of the molecule is CN(C)CC1CCCCCCCCCCC[C@H](I)CCCC1. The zero-order valence-electron chi connectivity index (χ0n) is 15.3. The first-order valence-corrected chi connectivity index (χ1v) is 11.2. The Labute approximate surface area is 154 Å². The number of nitrogens with zero attached hydrogens (tertiary/aromatic N) is 1. The smallest absolute Gasteiger partial charge is 0.0110 e. The summed E-state index contributed by atoms with van der Waals surface area (Å²) in [7, 11) is 4.48. The molecule has 0 aromatic rings. The van der Waals surface area contributed by atoms with Crippen LogP contribution in [0.25, 0.3) is 0 Å². The minimum Gasteiger partial charge on any atom is -0.309 e. The Morgan fingerprint density at radius 3 is 1.50 bits per heavy atom. The molecule has 1 unspecified atom stereocenters. The summed E-state index contributed by atoms with van der Waals surface area (Å²) < 4.78 is 0.931. The predicted molar refractivity (Wildman–Crippen MR) is 109 cm³/mol. The van der Waals surface area contributed by atoms with Crippen molar-refractivity contribution in [3.8, 4) is 0 Å². The van der Waals surface area contributed by atoms with Crippen LogP contribution in [-0.2, 0) is 0 Å². The van der Waals surface area contributed by atoms with Crippen LogP contribution >= 0.6 is 22.6 Å². The van der Waals surface area contributed by atoms with E-state index in [-0.39, 0.29) is 0 Å². The van der Waals surface area contributed by atoms with Crippen molar-refractivity contribution in [3.63, 3.8) is 0 Å². The molecule has 0 aromatic heterocycles. The van der Waals surface area contributed by atoms with Crippen LogP contribution in [0.3, 0.4) is 0 Å². The van der Waals surface area contributed by atoms with Gasteiger partial charge in [-0.15, -0.1) is 0 Å². The average Bonchev–Trinajstić information content (AvgIpc) is 2.47. The first-order valence-electron chi connectivity index (χ1n) is 9.97. The zero-order chi connectivity index (χ0) is 16.0. The Morgan fingerprint density at radius 2 is 1.00 bits per heavy atom. The third kappa shape index (κ3) is 12.2. The van der Waals surface area contributed by atoms with Gasteiger partial charge in [0, 0.05) is 10.5 Å². The Morgan fingerprint density at radius 1 is 0.636 bits per heavy atom. The Bertz CT molecular complexity index is 242. The summed E-state index contributed by atoms with van der Waals surface area (Å²) in [6, 6.07) is 0. The highest BCUT2D eigenvalue weighted by Crippen LogP contribution is 2.23. The van der Waals surface area contributed by atoms with Gasteiger partial charge in [-0.1, -0.05) is 93.2 Å². The maximum atomic E-state index is 2.71. The van der Waals surface area contributed by atoms with Crippen LogP contribution in [0.5, 0.6) is 0 Å². The molecule has 0 saturated heterocycles. The van der Waals surface area contributed by atoms with Crippen molar-refractivity contribution in [2.75, 3.05) is 20.6 Å². The van der Waals surface area contributed by atoms with E-state index in [4.69, 9.17) is 0 Å². The zero-order valence-corrected chi connectivity index (χ0v) is 17.5. The van der Waals surface area contributed by atoms with Gasteiger partial charge in [-0.05, 0) is 45.7 Å². The lowest BCUT2D eigenvalue weighted by atomic mass is 9.94. The van der Waals surface area contributed by atoms with Crippen molar-refractivity contribution < 1.29 is 0 Å². The van der Waals surface area contributed by atoms with Gasteiger partial charge in [0.1, 0.15) is 0 Å². The lowest BCUT2D eigenvalue weighted by Gasteiger charge is -2.21. The number of hydrogen-bond acceptors (Lipinski definition) is 1. The van der Waals surface area contributed by atoms with E-state index < -0.39 is 0 Å². The van der Waals surface area contributed by atoms with E-state index in [0.717, 1.165) is 9.84 Å². The number of rotatable bonds is 2. The van der Waals surface area contributed by atoms with Gasteiger partial charge in [-0.25, -0.2) is 0 Å². The van der Waals surface area contributed by atoms with E-state index >= 15 is 0 Å². The van der Waals surface area contributed by atoms with E-state index in [2.05, 4.69) is 41.6 Å². The molecule has 0 heterocycles. The van der Waals surface area contributed by atoms with E-state index in [1.165, 1.54) is 103 Å². The van der Waals surface area contributed by atoms with E-state index in [9.17, 15) is 0 Å². The van der Waals surface area contributed by atoms with Gasteiger partial charge >= 0.3 is 0 Å². The fourth-order valence-electron chi connectivity index (χ4n) is 3.82. The van der Waals surface area contributed by atoms with E-state index in [1.807, 2.05) is 0 Å². The van der Waals surface area contributed by atoms with Crippen molar-refractivity contribution in [3.05, 3.63) is 0 Å². The van der Waals surface area contributed by atoms with Gasteiger partial charge in [-0.2, -0.15) is 0 Å². The van der Waals surface area contributed by atoms with Crippen molar-refractivity contribution in [1.82, 2.24) is 4.90 Å². The van der Waals surface area contributed by atoms with E-state index in [0.29, 0.717) is 0 Å². The molecule has 1 aliphatic carbocycles. The third-order valence-electron chi connectivity index (χ3n) is 5.13. The van der Waals surface area contributed by atoms with E-state index in [1.54, 1.807) is 0 Å². The molecule has 0 N–H and O–H groups in total. The summed E-state index contributed by atoms with van der Waals surface area (Å²) in [6.07, 6.45) is 22.0. The highest BCUT2D eigenvalue weighted by Gasteiger charge is 2.11. The molecule has 0 aliphatic heterocycles. The van der Waals surface area contributed by atoms with Crippen molar-refractivity contribution in [1.29, 1.82) is 0 Å². The quantitative estimate of drug-likeness (QED) is 0.349. The lowest BCUT2D eigenvalue weighted by molar-refractivity contribution is 0.286. The van der Waals surface area contributed by atoms with Crippen LogP contribution in [0.15, 0.2) is 0 Å². The second kappa shape index (κ2) is 14.1. The second-order valence-electron chi connectivity index (χ2n) is 7.77. The summed E-state index contributed by atoms with van der Waals surface area (Å²) in [4.78, 5) is 2.40. The van der Waals surface area contributed by atoms with Crippen molar-refractivity contribution >= 4 is 22.6 Å². The molecule has 1 nitrogen and oxygen atoms in total. The van der Waals surface area contributed by atoms with Crippen LogP contribution in [0, 0.1) is 5.92 Å². The van der Waals surface area contributed by atoms with Crippen molar-refractivity contribution in [2.45, 2.75) is 100 Å². The van der Waals surface area contributed by atoms with Gasteiger partial charge < -0.3 is 4.90 Å². The highest BCUT2D eigenvalue weighted by molar-refractivity contribution is 14.1. The normalized spacial score (nSPS) is 28.4. The lowest BCUT2D eigenvalue weighted by Crippen LogP contribution is -2.21. The highest BCUT2D eigenvalue weighted by atomic mass is 127. The molecule has 1 rings (SSSR count). The van der Waals surface area contributed by atoms with Gasteiger partial charge in [0.05, 0.1) is 0 Å². The Hall–Kier alpha value is 0.690. The second-order valence-corrected chi connectivity index (χ2v) is 9.53. The number of alkyl halides is 1. The topological polar surface area (TPSA) is 3.24 Å². The monoisotopic (exact) mass is 421 g/mol. The third-order valence-corrected chi connectivity index (χ3v) is 6.38. The molecule has 2 heteroatoms. The molecule has 132 valence electrons. The largest absolute Gasteiger partial charge is 0.309 e. The van der Waals surface area contributed by atoms with Crippen LogP contribution in [0.4, 0.5) is 0 Å². The molecular weight excluding hydrogens is 381 g/mol. The molecule has 0 bridgehead atoms. The van der Waals surface area contributed by atoms with Crippen LogP contribution in [0.2, 0.25) is 0 Å². The molecular formula is C20H40IN. The maximum Gasteiger partial charge on any atom is 0.0110 e. The first kappa shape index (κ1) is 20.7. The first-order chi connectivity index (χ1) is 10.7. The summed E-state index contributed by atoms with van der Waals surface area (Å²) in [6.45, 7) is 1.30. The minimum atomic E-state index is 0.931. The van der Waals surface area contributed by atoms with Crippen LogP contribution in [-0.4, -0.2) is 29.5 Å². The maximum absolute atomic E-state index is 2.71. The molecule has 0 aromatic carbocycles. The number of hydrogen-bond donors (Lipinski definition) is 0. The molecule has 1 aliphatic rings. The minimum absolute atomic E-state index is 0.931. The van der Waals surface area contributed by atoms with Gasteiger partial charge in [0.15, 0.2) is 0 Å². The molecule has 0 spiro atoms. The summed E-state index contributed by atoms with van der Waals surface area (Å²) in [5, 5.41) is 0. The molecule has 0 amide bonds. The summed E-state index contributed by atoms with van der Waals surface area (Å²) in [5.41, 5.74) is 0. The Kier molecular flexibility index (Phi) is 13.3. The fourth-order valence-corrected chi connectivity index (χ4v) is 4.70. The predicted octanol–water partition coefficient (Wildman–Crippen LogP) is 6.83. The fraction of sp³-hybridized carbons (Fsp3) is 1.00. The van der Waals surface area contributed by atoms with Gasteiger partial charge in [0.25, 0.3) is 0 Å². The average molecular weight is 421 g/mol. The van der Waals surface area contributed by atoms with Crippen molar-refractivity contribution in [2.24, 2.45) is 5.92 Å². The molecule has 22 heavy (non-hydrogen) atoms. The molecule has 1 saturated carbocycles. The van der Waals surface area contributed by atoms with Gasteiger partial charge in [0.2, 0.25) is 0 Å². The van der Waals surface area contributed by atoms with Crippen LogP contribution < -0.4 is 0 Å². The number of halogens is 1. The molecule has 0 radical (unpaired) electrons. The molecule has 1 fully saturated rings.